The lowest BCUT2D eigenvalue weighted by Gasteiger charge is -2.19. The van der Waals surface area contributed by atoms with Crippen LogP contribution in [-0.4, -0.2) is 48.2 Å². The van der Waals surface area contributed by atoms with Crippen LogP contribution in [-0.2, 0) is 4.79 Å². The van der Waals surface area contributed by atoms with Crippen molar-refractivity contribution in [2.24, 2.45) is 5.92 Å². The zero-order valence-electron chi connectivity index (χ0n) is 16.5. The van der Waals surface area contributed by atoms with E-state index in [2.05, 4.69) is 16.0 Å². The number of urea groups is 1. The first-order valence-electron chi connectivity index (χ1n) is 9.97. The van der Waals surface area contributed by atoms with Crippen LogP contribution in [0.4, 0.5) is 9.18 Å². The second-order valence-electron chi connectivity index (χ2n) is 7.55. The maximum absolute atomic E-state index is 13.9. The predicted octanol–water partition coefficient (Wildman–Crippen LogP) is 2.47. The molecule has 1 aliphatic carbocycles. The largest absolute Gasteiger partial charge is 0.490 e. The van der Waals surface area contributed by atoms with Crippen LogP contribution in [0, 0.1) is 11.7 Å². The molecule has 3 rings (SSSR count). The number of rotatable bonds is 10. The van der Waals surface area contributed by atoms with Crippen molar-refractivity contribution < 1.29 is 18.7 Å². The molecule has 0 bridgehead atoms. The number of benzene rings is 1. The van der Waals surface area contributed by atoms with E-state index in [9.17, 15) is 14.0 Å². The Morgan fingerprint density at radius 2 is 2.17 bits per heavy atom. The van der Waals surface area contributed by atoms with Crippen molar-refractivity contribution in [3.05, 3.63) is 29.6 Å². The number of carbonyl (C=O) groups is 2. The molecule has 1 aromatic rings. The molecule has 1 heterocycles. The van der Waals surface area contributed by atoms with E-state index in [-0.39, 0.29) is 36.1 Å². The van der Waals surface area contributed by atoms with Gasteiger partial charge in [-0.05, 0) is 68.4 Å². The molecule has 0 unspecified atom stereocenters. The van der Waals surface area contributed by atoms with Gasteiger partial charge in [0, 0.05) is 13.1 Å². The summed E-state index contributed by atoms with van der Waals surface area (Å²) < 4.78 is 19.5. The molecule has 2 fully saturated rings. The lowest BCUT2D eigenvalue weighted by Crippen LogP contribution is -2.37. The molecule has 7 nitrogen and oxygen atoms in total. The summed E-state index contributed by atoms with van der Waals surface area (Å²) in [6.07, 6.45) is 3.89. The number of amides is 3. The zero-order chi connectivity index (χ0) is 20.8. The van der Waals surface area contributed by atoms with E-state index in [1.807, 2.05) is 6.92 Å². The Kier molecular flexibility index (Phi) is 7.24. The number of carbonyl (C=O) groups excluding carboxylic acids is 2. The third kappa shape index (κ3) is 6.56. The maximum atomic E-state index is 13.9. The summed E-state index contributed by atoms with van der Waals surface area (Å²) in [6, 6.07) is 4.44. The van der Waals surface area contributed by atoms with Crippen LogP contribution >= 0.6 is 12.2 Å². The Hall–Kier alpha value is -2.42. The van der Waals surface area contributed by atoms with Gasteiger partial charge in [-0.3, -0.25) is 10.1 Å². The molecular formula is C20H27FN4O3S. The fourth-order valence-electron chi connectivity index (χ4n) is 3.02. The fraction of sp³-hybridized carbons (Fsp3) is 0.550. The van der Waals surface area contributed by atoms with Gasteiger partial charge in [-0.1, -0.05) is 6.07 Å². The molecule has 0 aromatic heterocycles. The minimum atomic E-state index is -0.351. The highest BCUT2D eigenvalue weighted by molar-refractivity contribution is 7.80. The number of thiocarbonyl (C=S) groups is 1. The molecule has 3 amide bonds. The van der Waals surface area contributed by atoms with Crippen LogP contribution in [0.1, 0.15) is 44.2 Å². The third-order valence-corrected chi connectivity index (χ3v) is 5.24. The molecule has 0 spiro atoms. The Morgan fingerprint density at radius 1 is 1.38 bits per heavy atom. The number of nitrogens with zero attached hydrogens (tertiary/aromatic N) is 1. The smallest absolute Gasteiger partial charge is 0.324 e. The maximum Gasteiger partial charge on any atom is 0.324 e. The number of hydrogen-bond acceptors (Lipinski definition) is 4. The first-order chi connectivity index (χ1) is 13.9. The van der Waals surface area contributed by atoms with Gasteiger partial charge in [-0.15, -0.1) is 0 Å². The molecule has 1 atom stereocenters. The molecule has 1 aliphatic heterocycles. The Bertz CT molecular complexity index is 772. The van der Waals surface area contributed by atoms with Gasteiger partial charge in [-0.25, -0.2) is 9.18 Å². The summed E-state index contributed by atoms with van der Waals surface area (Å²) >= 11 is 5.33. The number of nitrogens with one attached hydrogen (secondary N) is 3. The zero-order valence-corrected chi connectivity index (χ0v) is 17.3. The van der Waals surface area contributed by atoms with Crippen LogP contribution in [0.25, 0.3) is 0 Å². The summed E-state index contributed by atoms with van der Waals surface area (Å²) in [5.74, 6) is 0.238. The van der Waals surface area contributed by atoms with Gasteiger partial charge in [0.15, 0.2) is 16.7 Å². The van der Waals surface area contributed by atoms with Crippen molar-refractivity contribution in [2.75, 3.05) is 26.2 Å². The molecule has 158 valence electrons. The molecule has 1 aromatic carbocycles. The topological polar surface area (TPSA) is 82.7 Å². The van der Waals surface area contributed by atoms with Crippen molar-refractivity contribution in [3.8, 4) is 5.75 Å². The number of unbranched alkanes of at least 4 members (excludes halogenated alkanes) is 1. The number of hydrogen-bond donors (Lipinski definition) is 3. The predicted molar refractivity (Wildman–Crippen MR) is 111 cm³/mol. The lowest BCUT2D eigenvalue weighted by atomic mass is 10.1. The van der Waals surface area contributed by atoms with Gasteiger partial charge in [0.05, 0.1) is 12.6 Å². The van der Waals surface area contributed by atoms with Crippen molar-refractivity contribution in [2.45, 2.75) is 38.6 Å². The van der Waals surface area contributed by atoms with E-state index in [1.165, 1.54) is 11.0 Å². The number of ether oxygens (including phenoxy) is 1. The van der Waals surface area contributed by atoms with E-state index < -0.39 is 0 Å². The Labute approximate surface area is 175 Å². The van der Waals surface area contributed by atoms with Gasteiger partial charge in [0.25, 0.3) is 0 Å². The summed E-state index contributed by atoms with van der Waals surface area (Å²) in [5.41, 5.74) is 0.894. The Balaban J connectivity index is 1.35. The highest BCUT2D eigenvalue weighted by Gasteiger charge is 2.25. The van der Waals surface area contributed by atoms with Crippen LogP contribution in [0.2, 0.25) is 0 Å². The first kappa shape index (κ1) is 21.3. The highest BCUT2D eigenvalue weighted by atomic mass is 32.1. The minimum absolute atomic E-state index is 0.0989. The average Bonchev–Trinajstić information content (AvgIpc) is 3.44. The lowest BCUT2D eigenvalue weighted by molar-refractivity contribution is -0.118. The highest BCUT2D eigenvalue weighted by Crippen LogP contribution is 2.31. The summed E-state index contributed by atoms with van der Waals surface area (Å²) in [5, 5.41) is 9.09. The van der Waals surface area contributed by atoms with Crippen molar-refractivity contribution in [3.63, 3.8) is 0 Å². The fourth-order valence-corrected chi connectivity index (χ4v) is 3.30. The van der Waals surface area contributed by atoms with Gasteiger partial charge >= 0.3 is 6.03 Å². The normalized spacial score (nSPS) is 17.1. The second kappa shape index (κ2) is 9.87. The van der Waals surface area contributed by atoms with E-state index in [0.717, 1.165) is 31.2 Å². The SMILES string of the molecule is C[C@@H](NC(=S)NCCCCN1CC(=O)NC1=O)c1ccc(F)c(OCC2CC2)c1. The van der Waals surface area contributed by atoms with Crippen LogP contribution < -0.4 is 20.7 Å². The molecular weight excluding hydrogens is 395 g/mol. The second-order valence-corrected chi connectivity index (χ2v) is 7.96. The van der Waals surface area contributed by atoms with Gasteiger partial charge in [0.1, 0.15) is 6.54 Å². The molecule has 29 heavy (non-hydrogen) atoms. The average molecular weight is 423 g/mol. The van der Waals surface area contributed by atoms with Crippen LogP contribution in [0.3, 0.4) is 0 Å². The Morgan fingerprint density at radius 3 is 2.86 bits per heavy atom. The van der Waals surface area contributed by atoms with Crippen molar-refractivity contribution in [1.82, 2.24) is 20.9 Å². The standard InChI is InChI=1S/C20H27FN4O3S/c1-13(15-6-7-16(21)17(10-15)28-12-14-4-5-14)23-19(29)22-8-2-3-9-25-11-18(26)24-20(25)27/h6-7,10,13-14H,2-5,8-9,11-12H2,1H3,(H2,22,23,29)(H,24,26,27)/t13-/m1/s1. The van der Waals surface area contributed by atoms with Crippen LogP contribution in [0.15, 0.2) is 18.2 Å². The van der Waals surface area contributed by atoms with E-state index in [1.54, 1.807) is 12.1 Å². The monoisotopic (exact) mass is 422 g/mol. The molecule has 0 radical (unpaired) electrons. The van der Waals surface area contributed by atoms with E-state index >= 15 is 0 Å². The summed E-state index contributed by atoms with van der Waals surface area (Å²) in [6.45, 7) is 3.84. The van der Waals surface area contributed by atoms with E-state index in [4.69, 9.17) is 17.0 Å². The quantitative estimate of drug-likeness (QED) is 0.305. The summed E-state index contributed by atoms with van der Waals surface area (Å²) in [4.78, 5) is 24.1. The van der Waals surface area contributed by atoms with Gasteiger partial charge < -0.3 is 20.3 Å². The number of halogens is 1. The summed E-state index contributed by atoms with van der Waals surface area (Å²) in [7, 11) is 0. The number of imide groups is 1. The molecule has 1 saturated heterocycles. The molecule has 1 saturated carbocycles. The van der Waals surface area contributed by atoms with E-state index in [0.29, 0.717) is 30.7 Å². The van der Waals surface area contributed by atoms with Crippen molar-refractivity contribution >= 4 is 29.3 Å². The van der Waals surface area contributed by atoms with Gasteiger partial charge in [0.2, 0.25) is 5.91 Å². The molecule has 9 heteroatoms. The van der Waals surface area contributed by atoms with Gasteiger partial charge in [-0.2, -0.15) is 0 Å². The third-order valence-electron chi connectivity index (χ3n) is 4.98. The molecule has 2 aliphatic rings. The molecule has 3 N–H and O–H groups in total. The van der Waals surface area contributed by atoms with Crippen molar-refractivity contribution in [1.29, 1.82) is 0 Å². The first-order valence-corrected chi connectivity index (χ1v) is 10.4. The van der Waals surface area contributed by atoms with Crippen LogP contribution in [0.5, 0.6) is 5.75 Å². The minimum Gasteiger partial charge on any atom is -0.490 e.